The van der Waals surface area contributed by atoms with Crippen molar-refractivity contribution in [3.63, 3.8) is 0 Å². The molecule has 3 aromatic rings. The number of aromatic amines is 1. The maximum atomic E-state index is 12.5. The van der Waals surface area contributed by atoms with E-state index in [4.69, 9.17) is 9.47 Å². The molecule has 0 radical (unpaired) electrons. The standard InChI is InChI=1S/C21H22N2O4S/c24-28(25,18-7-8-18)17-5-3-14(4-6-17)20(27-16-9-11-26-13-16)19-12-15-2-1-10-22-21(15)23-19/h1-6,10,12,16,18,20H,7-9,11,13H2,(H,22,23). The van der Waals surface area contributed by atoms with E-state index in [1.165, 1.54) is 0 Å². The highest BCUT2D eigenvalue weighted by Gasteiger charge is 2.37. The molecule has 2 atom stereocenters. The highest BCUT2D eigenvalue weighted by Crippen LogP contribution is 2.35. The van der Waals surface area contributed by atoms with Crippen molar-refractivity contribution in [3.05, 3.63) is 59.9 Å². The van der Waals surface area contributed by atoms with Crippen molar-refractivity contribution in [1.29, 1.82) is 0 Å². The molecule has 0 bridgehead atoms. The first-order chi connectivity index (χ1) is 13.6. The zero-order valence-electron chi connectivity index (χ0n) is 15.4. The van der Waals surface area contributed by atoms with Crippen molar-refractivity contribution in [2.24, 2.45) is 0 Å². The quantitative estimate of drug-likeness (QED) is 0.688. The highest BCUT2D eigenvalue weighted by molar-refractivity contribution is 7.92. The Morgan fingerprint density at radius 3 is 2.64 bits per heavy atom. The predicted molar refractivity (Wildman–Crippen MR) is 105 cm³/mol. The number of aromatic nitrogens is 2. The minimum atomic E-state index is -3.19. The summed E-state index contributed by atoms with van der Waals surface area (Å²) >= 11 is 0. The Morgan fingerprint density at radius 2 is 1.96 bits per heavy atom. The van der Waals surface area contributed by atoms with Crippen LogP contribution in [0, 0.1) is 0 Å². The summed E-state index contributed by atoms with van der Waals surface area (Å²) in [6.45, 7) is 1.27. The Balaban J connectivity index is 1.50. The average molecular weight is 398 g/mol. The molecule has 3 heterocycles. The maximum Gasteiger partial charge on any atom is 0.181 e. The molecule has 1 aromatic carbocycles. The van der Waals surface area contributed by atoms with Gasteiger partial charge in [0, 0.05) is 18.2 Å². The summed E-state index contributed by atoms with van der Waals surface area (Å²) in [6.07, 6.45) is 3.81. The molecule has 1 aliphatic carbocycles. The maximum absolute atomic E-state index is 12.5. The average Bonchev–Trinajstić information content (AvgIpc) is 3.30. The van der Waals surface area contributed by atoms with Crippen LogP contribution in [0.3, 0.4) is 0 Å². The number of benzene rings is 1. The van der Waals surface area contributed by atoms with Gasteiger partial charge in [0.2, 0.25) is 0 Å². The van der Waals surface area contributed by atoms with Gasteiger partial charge in [-0.1, -0.05) is 12.1 Å². The molecule has 6 nitrogen and oxygen atoms in total. The van der Waals surface area contributed by atoms with Gasteiger partial charge in [-0.15, -0.1) is 0 Å². The fourth-order valence-corrected chi connectivity index (χ4v) is 5.32. The molecule has 0 amide bonds. The first-order valence-corrected chi connectivity index (χ1v) is 11.2. The topological polar surface area (TPSA) is 81.3 Å². The van der Waals surface area contributed by atoms with E-state index in [2.05, 4.69) is 9.97 Å². The molecule has 1 saturated heterocycles. The van der Waals surface area contributed by atoms with Gasteiger partial charge in [-0.05, 0) is 55.2 Å². The Labute approximate surface area is 163 Å². The van der Waals surface area contributed by atoms with Crippen LogP contribution in [0.25, 0.3) is 11.0 Å². The molecule has 146 valence electrons. The van der Waals surface area contributed by atoms with Gasteiger partial charge in [0.25, 0.3) is 0 Å². The lowest BCUT2D eigenvalue weighted by Gasteiger charge is -2.21. The second-order valence-electron chi connectivity index (χ2n) is 7.48. The van der Waals surface area contributed by atoms with Gasteiger partial charge in [-0.3, -0.25) is 0 Å². The van der Waals surface area contributed by atoms with E-state index in [1.54, 1.807) is 18.3 Å². The molecule has 1 N–H and O–H groups in total. The monoisotopic (exact) mass is 398 g/mol. The van der Waals surface area contributed by atoms with Crippen LogP contribution in [-0.2, 0) is 19.3 Å². The Hall–Kier alpha value is -2.22. The molecule has 2 aliphatic rings. The van der Waals surface area contributed by atoms with E-state index < -0.39 is 9.84 Å². The number of sulfone groups is 1. The number of H-pyrrole nitrogens is 1. The number of nitrogens with zero attached hydrogens (tertiary/aromatic N) is 1. The lowest BCUT2D eigenvalue weighted by atomic mass is 10.1. The number of pyridine rings is 1. The van der Waals surface area contributed by atoms with Crippen molar-refractivity contribution in [3.8, 4) is 0 Å². The summed E-state index contributed by atoms with van der Waals surface area (Å²) in [6, 6.07) is 13.1. The summed E-state index contributed by atoms with van der Waals surface area (Å²) in [5, 5.41) is 0.808. The van der Waals surface area contributed by atoms with E-state index in [-0.39, 0.29) is 17.5 Å². The molecule has 28 heavy (non-hydrogen) atoms. The predicted octanol–water partition coefficient (Wildman–Crippen LogP) is 3.39. The fourth-order valence-electron chi connectivity index (χ4n) is 3.67. The molecular weight excluding hydrogens is 376 g/mol. The number of ether oxygens (including phenoxy) is 2. The summed E-state index contributed by atoms with van der Waals surface area (Å²) in [7, 11) is -3.19. The third-order valence-corrected chi connectivity index (χ3v) is 7.66. The van der Waals surface area contributed by atoms with Gasteiger partial charge in [0.1, 0.15) is 11.8 Å². The van der Waals surface area contributed by atoms with Crippen LogP contribution in [0.2, 0.25) is 0 Å². The first-order valence-electron chi connectivity index (χ1n) is 9.62. The van der Waals surface area contributed by atoms with Crippen molar-refractivity contribution in [1.82, 2.24) is 9.97 Å². The van der Waals surface area contributed by atoms with Gasteiger partial charge >= 0.3 is 0 Å². The SMILES string of the molecule is O=S(=O)(c1ccc(C(OC2CCOC2)c2cc3cccnc3[nH]2)cc1)C1CC1. The van der Waals surface area contributed by atoms with Crippen LogP contribution in [-0.4, -0.2) is 43.0 Å². The van der Waals surface area contributed by atoms with E-state index >= 15 is 0 Å². The second-order valence-corrected chi connectivity index (χ2v) is 9.71. The number of hydrogen-bond acceptors (Lipinski definition) is 5. The summed E-state index contributed by atoms with van der Waals surface area (Å²) in [5.41, 5.74) is 2.62. The van der Waals surface area contributed by atoms with Gasteiger partial charge in [-0.25, -0.2) is 13.4 Å². The zero-order valence-corrected chi connectivity index (χ0v) is 16.2. The van der Waals surface area contributed by atoms with Gasteiger partial charge in [-0.2, -0.15) is 0 Å². The van der Waals surface area contributed by atoms with Crippen LogP contribution < -0.4 is 0 Å². The van der Waals surface area contributed by atoms with Crippen molar-refractivity contribution in [2.75, 3.05) is 13.2 Å². The second kappa shape index (κ2) is 6.99. The molecule has 7 heteroatoms. The van der Waals surface area contributed by atoms with E-state index in [9.17, 15) is 8.42 Å². The molecule has 1 aliphatic heterocycles. The Morgan fingerprint density at radius 1 is 1.14 bits per heavy atom. The third kappa shape index (κ3) is 3.34. The zero-order chi connectivity index (χ0) is 19.1. The molecular formula is C21H22N2O4S. The van der Waals surface area contributed by atoms with Crippen molar-refractivity contribution >= 4 is 20.9 Å². The van der Waals surface area contributed by atoms with Gasteiger partial charge in [0.15, 0.2) is 9.84 Å². The molecule has 1 saturated carbocycles. The van der Waals surface area contributed by atoms with Crippen molar-refractivity contribution < 1.29 is 17.9 Å². The summed E-state index contributed by atoms with van der Waals surface area (Å²) < 4.78 is 36.8. The molecule has 5 rings (SSSR count). The van der Waals surface area contributed by atoms with Gasteiger partial charge in [0.05, 0.1) is 28.6 Å². The van der Waals surface area contributed by atoms with Crippen LogP contribution >= 0.6 is 0 Å². The minimum absolute atomic E-state index is 0.0132. The Bertz CT molecular complexity index is 1050. The Kier molecular flexibility index (Phi) is 4.45. The first kappa shape index (κ1) is 17.8. The largest absolute Gasteiger partial charge is 0.379 e. The lowest BCUT2D eigenvalue weighted by molar-refractivity contribution is 0.00134. The molecule has 2 fully saturated rings. The van der Waals surface area contributed by atoms with Crippen molar-refractivity contribution in [2.45, 2.75) is 41.6 Å². The third-order valence-electron chi connectivity index (χ3n) is 5.39. The smallest absolute Gasteiger partial charge is 0.181 e. The minimum Gasteiger partial charge on any atom is -0.379 e. The molecule has 2 unspecified atom stereocenters. The van der Waals surface area contributed by atoms with Crippen LogP contribution in [0.5, 0.6) is 0 Å². The summed E-state index contributed by atoms with van der Waals surface area (Å²) in [4.78, 5) is 8.10. The summed E-state index contributed by atoms with van der Waals surface area (Å²) in [5.74, 6) is 0. The molecule has 2 aromatic heterocycles. The van der Waals surface area contributed by atoms with E-state index in [1.807, 2.05) is 30.3 Å². The van der Waals surface area contributed by atoms with E-state index in [0.717, 1.165) is 41.6 Å². The van der Waals surface area contributed by atoms with Gasteiger partial charge < -0.3 is 14.5 Å². The number of rotatable bonds is 6. The van der Waals surface area contributed by atoms with E-state index in [0.29, 0.717) is 18.1 Å². The molecule has 0 spiro atoms. The number of hydrogen-bond donors (Lipinski definition) is 1. The van der Waals surface area contributed by atoms with Crippen LogP contribution in [0.15, 0.2) is 53.6 Å². The number of nitrogens with one attached hydrogen (secondary N) is 1. The highest BCUT2D eigenvalue weighted by atomic mass is 32.2. The lowest BCUT2D eigenvalue weighted by Crippen LogP contribution is -2.18. The fraction of sp³-hybridized carbons (Fsp3) is 0.381. The number of fused-ring (bicyclic) bond motifs is 1. The van der Waals surface area contributed by atoms with Crippen LogP contribution in [0.4, 0.5) is 0 Å². The normalized spacial score (nSPS) is 21.2. The van der Waals surface area contributed by atoms with Crippen LogP contribution in [0.1, 0.15) is 36.6 Å².